The van der Waals surface area contributed by atoms with E-state index in [1.54, 1.807) is 0 Å². The second-order valence-corrected chi connectivity index (χ2v) is 2.64. The second-order valence-electron chi connectivity index (χ2n) is 2.64. The van der Waals surface area contributed by atoms with Crippen LogP contribution in [0.25, 0.3) is 0 Å². The molecule has 0 fully saturated rings. The zero-order valence-corrected chi connectivity index (χ0v) is 7.84. The Hall–Kier alpha value is -1.07. The molecule has 80 valence electrons. The Morgan fingerprint density at radius 2 is 1.50 bits per heavy atom. The van der Waals surface area contributed by atoms with Crippen molar-refractivity contribution >= 4 is 12.4 Å². The summed E-state index contributed by atoms with van der Waals surface area (Å²) in [6.07, 6.45) is -2.72. The molecule has 0 aliphatic carbocycles. The van der Waals surface area contributed by atoms with Crippen LogP contribution in [0.2, 0.25) is 0 Å². The molecule has 1 aromatic rings. The number of hydrogen-bond acceptors (Lipinski definition) is 3. The summed E-state index contributed by atoms with van der Waals surface area (Å²) in [5.41, 5.74) is 5.11. The van der Waals surface area contributed by atoms with Crippen LogP contribution in [0.3, 0.4) is 0 Å². The van der Waals surface area contributed by atoms with Crippen molar-refractivity contribution in [2.24, 2.45) is 5.73 Å². The van der Waals surface area contributed by atoms with Gasteiger partial charge in [0.1, 0.15) is 11.5 Å². The third-order valence-electron chi connectivity index (χ3n) is 1.58. The minimum absolute atomic E-state index is 0. The van der Waals surface area contributed by atoms with Crippen LogP contribution in [0.15, 0.2) is 18.2 Å². The topological polar surface area (TPSA) is 66.5 Å². The molecule has 0 heterocycles. The van der Waals surface area contributed by atoms with E-state index in [1.807, 2.05) is 0 Å². The summed E-state index contributed by atoms with van der Waals surface area (Å²) in [7, 11) is 0. The molecule has 0 radical (unpaired) electrons. The normalized spacial score (nSPS) is 12.3. The molecule has 1 aromatic carbocycles. The summed E-state index contributed by atoms with van der Waals surface area (Å²) in [6, 6.07) is 1.74. The molecule has 1 atom stereocenters. The number of alkyl halides is 2. The van der Waals surface area contributed by atoms with Crippen molar-refractivity contribution in [2.45, 2.75) is 12.5 Å². The standard InChI is InChI=1S/C8H9F2NO2.ClH/c9-8(10)7(11)4-1-5(12)3-6(13)2-4;/h1-3,7-8,12-13H,11H2;1H/t7-;/m0./s1. The fraction of sp³-hybridized carbons (Fsp3) is 0.250. The van der Waals surface area contributed by atoms with Crippen molar-refractivity contribution in [1.29, 1.82) is 0 Å². The van der Waals surface area contributed by atoms with Gasteiger partial charge < -0.3 is 15.9 Å². The summed E-state index contributed by atoms with van der Waals surface area (Å²) >= 11 is 0. The van der Waals surface area contributed by atoms with Gasteiger partial charge in [-0.15, -0.1) is 12.4 Å². The third-order valence-corrected chi connectivity index (χ3v) is 1.58. The first-order valence-electron chi connectivity index (χ1n) is 3.57. The van der Waals surface area contributed by atoms with Crippen LogP contribution in [0.1, 0.15) is 11.6 Å². The number of phenols is 2. The molecule has 1 rings (SSSR count). The van der Waals surface area contributed by atoms with Gasteiger partial charge in [0.05, 0.1) is 6.04 Å². The van der Waals surface area contributed by atoms with Crippen LogP contribution in [0.4, 0.5) is 8.78 Å². The highest BCUT2D eigenvalue weighted by Gasteiger charge is 2.18. The van der Waals surface area contributed by atoms with Gasteiger partial charge in [0.25, 0.3) is 6.43 Å². The van der Waals surface area contributed by atoms with Gasteiger partial charge in [0.2, 0.25) is 0 Å². The molecular formula is C8H10ClF2NO2. The maximum Gasteiger partial charge on any atom is 0.257 e. The average molecular weight is 226 g/mol. The van der Waals surface area contributed by atoms with Crippen molar-refractivity contribution in [2.75, 3.05) is 0 Å². The van der Waals surface area contributed by atoms with Gasteiger partial charge in [0.15, 0.2) is 0 Å². The fourth-order valence-corrected chi connectivity index (χ4v) is 0.956. The van der Waals surface area contributed by atoms with Crippen LogP contribution < -0.4 is 5.73 Å². The molecule has 0 saturated heterocycles. The molecule has 0 aromatic heterocycles. The largest absolute Gasteiger partial charge is 0.508 e. The van der Waals surface area contributed by atoms with Gasteiger partial charge in [-0.3, -0.25) is 0 Å². The van der Waals surface area contributed by atoms with Gasteiger partial charge >= 0.3 is 0 Å². The molecule has 0 spiro atoms. The van der Waals surface area contributed by atoms with Gasteiger partial charge in [-0.2, -0.15) is 0 Å². The molecule has 4 N–H and O–H groups in total. The Labute approximate surface area is 85.6 Å². The first-order valence-corrected chi connectivity index (χ1v) is 3.57. The molecule has 0 bridgehead atoms. The SMILES string of the molecule is Cl.N[C@@H](c1cc(O)cc(O)c1)C(F)F. The second kappa shape index (κ2) is 4.97. The highest BCUT2D eigenvalue weighted by molar-refractivity contribution is 5.85. The van der Waals surface area contributed by atoms with Gasteiger partial charge in [-0.05, 0) is 17.7 Å². The molecule has 3 nitrogen and oxygen atoms in total. The van der Waals surface area contributed by atoms with E-state index in [0.29, 0.717) is 0 Å². The lowest BCUT2D eigenvalue weighted by Gasteiger charge is -2.11. The minimum Gasteiger partial charge on any atom is -0.508 e. The van der Waals surface area contributed by atoms with Gasteiger partial charge in [-0.25, -0.2) is 8.78 Å². The predicted molar refractivity (Wildman–Crippen MR) is 50.0 cm³/mol. The van der Waals surface area contributed by atoms with E-state index in [1.165, 1.54) is 0 Å². The molecule has 6 heteroatoms. The van der Waals surface area contributed by atoms with Crippen molar-refractivity contribution < 1.29 is 19.0 Å². The summed E-state index contributed by atoms with van der Waals surface area (Å²) in [5.74, 6) is -0.572. The van der Waals surface area contributed by atoms with E-state index >= 15 is 0 Å². The van der Waals surface area contributed by atoms with E-state index in [2.05, 4.69) is 0 Å². The molecule has 0 unspecified atom stereocenters. The van der Waals surface area contributed by atoms with Crippen molar-refractivity contribution in [3.05, 3.63) is 23.8 Å². The van der Waals surface area contributed by atoms with E-state index in [4.69, 9.17) is 15.9 Å². The summed E-state index contributed by atoms with van der Waals surface area (Å²) < 4.78 is 24.2. The number of halogens is 3. The van der Waals surface area contributed by atoms with E-state index in [0.717, 1.165) is 18.2 Å². The molecule has 14 heavy (non-hydrogen) atoms. The van der Waals surface area contributed by atoms with Crippen molar-refractivity contribution in [3.63, 3.8) is 0 Å². The third kappa shape index (κ3) is 3.01. The van der Waals surface area contributed by atoms with Crippen LogP contribution in [-0.2, 0) is 0 Å². The first-order chi connectivity index (χ1) is 6.00. The molecule has 0 aliphatic heterocycles. The van der Waals surface area contributed by atoms with Crippen molar-refractivity contribution in [3.8, 4) is 11.5 Å². The number of aromatic hydroxyl groups is 2. The summed E-state index contributed by atoms with van der Waals surface area (Å²) in [5, 5.41) is 17.9. The number of phenolic OH excluding ortho intramolecular Hbond substituents is 2. The van der Waals surface area contributed by atoms with E-state index in [9.17, 15) is 8.78 Å². The molecule has 0 aliphatic rings. The summed E-state index contributed by atoms with van der Waals surface area (Å²) in [4.78, 5) is 0. The molecule has 0 saturated carbocycles. The smallest absolute Gasteiger partial charge is 0.257 e. The number of nitrogens with two attached hydrogens (primary N) is 1. The van der Waals surface area contributed by atoms with Crippen LogP contribution in [0.5, 0.6) is 11.5 Å². The van der Waals surface area contributed by atoms with Gasteiger partial charge in [-0.1, -0.05) is 0 Å². The summed E-state index contributed by atoms with van der Waals surface area (Å²) in [6.45, 7) is 0. The number of hydrogen-bond donors (Lipinski definition) is 3. The Kier molecular flexibility index (Phi) is 4.59. The van der Waals surface area contributed by atoms with Crippen molar-refractivity contribution in [1.82, 2.24) is 0 Å². The maximum atomic E-state index is 12.1. The van der Waals surface area contributed by atoms with E-state index in [-0.39, 0.29) is 29.5 Å². The van der Waals surface area contributed by atoms with Crippen LogP contribution >= 0.6 is 12.4 Å². The maximum absolute atomic E-state index is 12.1. The Morgan fingerprint density at radius 3 is 1.86 bits per heavy atom. The lowest BCUT2D eigenvalue weighted by Crippen LogP contribution is -2.18. The van der Waals surface area contributed by atoms with Crippen LogP contribution in [-0.4, -0.2) is 16.6 Å². The minimum atomic E-state index is -2.72. The van der Waals surface area contributed by atoms with Crippen LogP contribution in [0, 0.1) is 0 Å². The Balaban J connectivity index is 0.00000169. The number of rotatable bonds is 2. The van der Waals surface area contributed by atoms with Gasteiger partial charge in [0, 0.05) is 6.07 Å². The Bertz CT molecular complexity index is 289. The zero-order valence-electron chi connectivity index (χ0n) is 7.02. The quantitative estimate of drug-likeness (QED) is 0.719. The molecular weight excluding hydrogens is 216 g/mol. The lowest BCUT2D eigenvalue weighted by molar-refractivity contribution is 0.116. The highest BCUT2D eigenvalue weighted by atomic mass is 35.5. The average Bonchev–Trinajstić information content (AvgIpc) is 2.01. The molecule has 0 amide bonds. The highest BCUT2D eigenvalue weighted by Crippen LogP contribution is 2.26. The van der Waals surface area contributed by atoms with E-state index < -0.39 is 12.5 Å². The fourth-order valence-electron chi connectivity index (χ4n) is 0.956. The zero-order chi connectivity index (χ0) is 10.0. The monoisotopic (exact) mass is 225 g/mol. The first kappa shape index (κ1) is 12.9. The predicted octanol–water partition coefficient (Wildman–Crippen LogP) is 1.78. The number of benzene rings is 1. The lowest BCUT2D eigenvalue weighted by atomic mass is 10.1. The Morgan fingerprint density at radius 1 is 1.07 bits per heavy atom.